The van der Waals surface area contributed by atoms with Gasteiger partial charge in [-0.3, -0.25) is 0 Å². The average Bonchev–Trinajstić information content (AvgIpc) is 3.32. The van der Waals surface area contributed by atoms with Gasteiger partial charge in [0.1, 0.15) is 0 Å². The van der Waals surface area contributed by atoms with Gasteiger partial charge in [0, 0.05) is 22.1 Å². The summed E-state index contributed by atoms with van der Waals surface area (Å²) in [6.45, 7) is 4.32. The topological polar surface area (TPSA) is 6.48 Å². The number of benzene rings is 10. The summed E-state index contributed by atoms with van der Waals surface area (Å²) in [6, 6.07) is 86.3. The molecule has 0 bridgehead atoms. The first kappa shape index (κ1) is 39.0. The number of anilines is 6. The van der Waals surface area contributed by atoms with E-state index in [1.54, 1.807) is 0 Å². The summed E-state index contributed by atoms with van der Waals surface area (Å²) in [4.78, 5) is 4.78. The minimum Gasteiger partial charge on any atom is -0.308 e. The van der Waals surface area contributed by atoms with E-state index in [1.807, 2.05) is 0 Å². The van der Waals surface area contributed by atoms with Gasteiger partial charge in [-0.2, -0.15) is 0 Å². The molecule has 298 valence electrons. The minimum absolute atomic E-state index is 0.648. The predicted octanol–water partition coefficient (Wildman–Crippen LogP) is 13.6. The van der Waals surface area contributed by atoms with Gasteiger partial charge in [-0.15, -0.1) is 0 Å². The van der Waals surface area contributed by atoms with Gasteiger partial charge in [-0.05, 0) is 105 Å². The van der Waals surface area contributed by atoms with Crippen LogP contribution in [0.4, 0.5) is 34.1 Å². The van der Waals surface area contributed by atoms with Crippen molar-refractivity contribution in [2.75, 3.05) is 9.80 Å². The molecule has 2 nitrogen and oxygen atoms in total. The van der Waals surface area contributed by atoms with E-state index in [4.69, 9.17) is 11.6 Å². The van der Waals surface area contributed by atoms with Crippen LogP contribution in [-0.2, 0) is 0 Å². The lowest BCUT2D eigenvalue weighted by molar-refractivity contribution is 1.25. The zero-order valence-electron chi connectivity index (χ0n) is 34.8. The lowest BCUT2D eigenvalue weighted by Gasteiger charge is -2.38. The highest BCUT2D eigenvalue weighted by Gasteiger charge is 2.43. The Labute approximate surface area is 370 Å². The van der Waals surface area contributed by atoms with Crippen LogP contribution in [0.2, 0.25) is 5.02 Å². The molecule has 0 aromatic heterocycles. The summed E-state index contributed by atoms with van der Waals surface area (Å²) in [7, 11) is -3.12. The van der Waals surface area contributed by atoms with Crippen molar-refractivity contribution in [1.82, 2.24) is 0 Å². The molecule has 0 saturated heterocycles. The number of rotatable bonds is 10. The summed E-state index contributed by atoms with van der Waals surface area (Å²) in [5.74, 6) is 0. The molecule has 0 aliphatic carbocycles. The van der Waals surface area contributed by atoms with Crippen molar-refractivity contribution in [3.8, 4) is 0 Å². The van der Waals surface area contributed by atoms with Crippen molar-refractivity contribution in [3.05, 3.63) is 253 Å². The number of hydrogen-bond acceptors (Lipinski definition) is 2. The highest BCUT2D eigenvalue weighted by Crippen LogP contribution is 2.49. The van der Waals surface area contributed by atoms with Crippen LogP contribution >= 0.6 is 11.6 Å². The first-order valence-electron chi connectivity index (χ1n) is 21.2. The highest BCUT2D eigenvalue weighted by molar-refractivity contribution is 7.20. The molecule has 4 heteroatoms. The van der Waals surface area contributed by atoms with E-state index in [9.17, 15) is 0 Å². The van der Waals surface area contributed by atoms with Crippen molar-refractivity contribution in [2.24, 2.45) is 0 Å². The average molecular weight is 834 g/mol. The van der Waals surface area contributed by atoms with E-state index >= 15 is 0 Å². The van der Waals surface area contributed by atoms with Crippen LogP contribution in [0.3, 0.4) is 0 Å². The Hall–Kier alpha value is -7.17. The Bertz CT molecular complexity index is 2930. The number of nitrogens with zero attached hydrogens (tertiary/aromatic N) is 2. The molecular formula is C58H45ClN2Si. The SMILES string of the molecule is Cc1cccc(N(c2cc([Si](c3ccccc3)(c3ccccc3)c3ccccc3)cc(N(c3cccc(C)c3)c3cccc4ccccc34)c2Cl)c2cccc3ccccc23)c1. The number of hydrogen-bond donors (Lipinski definition) is 0. The molecule has 0 atom stereocenters. The molecule has 0 unspecified atom stereocenters. The van der Waals surface area contributed by atoms with Crippen LogP contribution in [0.25, 0.3) is 21.5 Å². The molecule has 0 aliphatic rings. The highest BCUT2D eigenvalue weighted by atomic mass is 35.5. The lowest BCUT2D eigenvalue weighted by Crippen LogP contribution is -2.74. The fraction of sp³-hybridized carbons (Fsp3) is 0.0345. The van der Waals surface area contributed by atoms with E-state index in [2.05, 4.69) is 260 Å². The minimum atomic E-state index is -3.12. The van der Waals surface area contributed by atoms with Gasteiger partial charge in [0.25, 0.3) is 0 Å². The van der Waals surface area contributed by atoms with E-state index in [0.717, 1.165) is 55.7 Å². The van der Waals surface area contributed by atoms with Crippen molar-refractivity contribution in [1.29, 1.82) is 0 Å². The van der Waals surface area contributed by atoms with Crippen LogP contribution in [0.5, 0.6) is 0 Å². The van der Waals surface area contributed by atoms with Crippen LogP contribution in [0.1, 0.15) is 11.1 Å². The molecule has 0 heterocycles. The molecule has 0 saturated carbocycles. The Morgan fingerprint density at radius 1 is 0.323 bits per heavy atom. The third kappa shape index (κ3) is 6.96. The van der Waals surface area contributed by atoms with Crippen molar-refractivity contribution >= 4 is 96.1 Å². The maximum absolute atomic E-state index is 8.27. The van der Waals surface area contributed by atoms with E-state index in [1.165, 1.54) is 31.9 Å². The van der Waals surface area contributed by atoms with Crippen LogP contribution in [-0.4, -0.2) is 8.07 Å². The maximum atomic E-state index is 8.27. The Balaban J connectivity index is 1.41. The van der Waals surface area contributed by atoms with Crippen molar-refractivity contribution in [2.45, 2.75) is 13.8 Å². The summed E-state index contributed by atoms with van der Waals surface area (Å²) >= 11 is 8.27. The first-order valence-corrected chi connectivity index (χ1v) is 23.6. The standard InChI is InChI=1S/C58H45ClN2Si/c1-42-20-16-26-46(38-42)60(54-36-18-24-44-22-12-14-34-52(44)54)56-40-51(62(48-28-6-3-7-29-48,49-30-8-4-9-31-49)50-32-10-5-11-33-50)41-57(58(56)59)61(47-27-17-21-43(2)39-47)55-37-19-25-45-23-13-15-35-53(45)55/h3-41H,1-2H3. The van der Waals surface area contributed by atoms with Crippen molar-refractivity contribution in [3.63, 3.8) is 0 Å². The second kappa shape index (κ2) is 16.7. The lowest BCUT2D eigenvalue weighted by atomic mass is 10.0. The molecule has 0 aliphatic heterocycles. The Kier molecular flexibility index (Phi) is 10.5. The van der Waals surface area contributed by atoms with Gasteiger partial charge in [0.2, 0.25) is 0 Å². The molecule has 0 spiro atoms. The largest absolute Gasteiger partial charge is 0.308 e. The normalized spacial score (nSPS) is 11.5. The van der Waals surface area contributed by atoms with Gasteiger partial charge in [-0.25, -0.2) is 0 Å². The second-order valence-corrected chi connectivity index (χ2v) is 20.2. The molecule has 10 aromatic carbocycles. The van der Waals surface area contributed by atoms with Crippen LogP contribution in [0, 0.1) is 13.8 Å². The van der Waals surface area contributed by atoms with Gasteiger partial charge in [-0.1, -0.05) is 200 Å². The van der Waals surface area contributed by atoms with Crippen molar-refractivity contribution < 1.29 is 0 Å². The van der Waals surface area contributed by atoms with Crippen LogP contribution in [0.15, 0.2) is 237 Å². The zero-order valence-corrected chi connectivity index (χ0v) is 36.5. The van der Waals surface area contributed by atoms with Gasteiger partial charge in [0.15, 0.2) is 8.07 Å². The number of halogens is 1. The van der Waals surface area contributed by atoms with Gasteiger partial charge >= 0.3 is 0 Å². The number of aryl methyl sites for hydroxylation is 2. The molecule has 0 N–H and O–H groups in total. The van der Waals surface area contributed by atoms with E-state index in [0.29, 0.717) is 5.02 Å². The molecule has 10 aromatic rings. The summed E-state index contributed by atoms with van der Waals surface area (Å²) in [6.07, 6.45) is 0. The molecule has 0 amide bonds. The summed E-state index contributed by atoms with van der Waals surface area (Å²) in [5.41, 5.74) is 8.31. The third-order valence-corrected chi connectivity index (χ3v) is 17.2. The van der Waals surface area contributed by atoms with Gasteiger partial charge < -0.3 is 9.80 Å². The molecule has 0 fully saturated rings. The third-order valence-electron chi connectivity index (χ3n) is 12.1. The molecule has 0 radical (unpaired) electrons. The Morgan fingerprint density at radius 2 is 0.677 bits per heavy atom. The number of fused-ring (bicyclic) bond motifs is 2. The quantitative estimate of drug-likeness (QED) is 0.100. The molecular weight excluding hydrogens is 788 g/mol. The molecule has 10 rings (SSSR count). The van der Waals surface area contributed by atoms with Crippen LogP contribution < -0.4 is 30.5 Å². The zero-order chi connectivity index (χ0) is 42.0. The Morgan fingerprint density at radius 3 is 1.08 bits per heavy atom. The smallest absolute Gasteiger partial charge is 0.179 e. The monoisotopic (exact) mass is 832 g/mol. The van der Waals surface area contributed by atoms with Gasteiger partial charge in [0.05, 0.1) is 27.8 Å². The fourth-order valence-corrected chi connectivity index (χ4v) is 14.4. The van der Waals surface area contributed by atoms with E-state index in [-0.39, 0.29) is 0 Å². The van der Waals surface area contributed by atoms with E-state index < -0.39 is 8.07 Å². The summed E-state index contributed by atoms with van der Waals surface area (Å²) in [5, 5.41) is 10.3. The molecule has 62 heavy (non-hydrogen) atoms. The fourth-order valence-electron chi connectivity index (χ4n) is 9.36. The summed E-state index contributed by atoms with van der Waals surface area (Å²) < 4.78 is 0. The maximum Gasteiger partial charge on any atom is 0.179 e. The predicted molar refractivity (Wildman–Crippen MR) is 269 cm³/mol. The second-order valence-electron chi connectivity index (χ2n) is 16.0. The first-order chi connectivity index (χ1) is 30.5.